The zero-order valence-electron chi connectivity index (χ0n) is 25.0. The van der Waals surface area contributed by atoms with Gasteiger partial charge < -0.3 is 0 Å². The second-order valence-corrected chi connectivity index (χ2v) is 12.6. The summed E-state index contributed by atoms with van der Waals surface area (Å²) in [6, 6.07) is 11.6. The zero-order valence-corrected chi connectivity index (χ0v) is 27.3. The van der Waals surface area contributed by atoms with Crippen molar-refractivity contribution in [3.05, 3.63) is 69.1 Å². The van der Waals surface area contributed by atoms with Crippen molar-refractivity contribution in [2.24, 2.45) is 0 Å². The number of halogens is 1. The fourth-order valence-electron chi connectivity index (χ4n) is 5.06. The van der Waals surface area contributed by atoms with Gasteiger partial charge in [-0.25, -0.2) is 9.59 Å². The Labute approximate surface area is 272 Å². The molecule has 0 spiro atoms. The summed E-state index contributed by atoms with van der Waals surface area (Å²) in [5.74, 6) is -2.45. The molecule has 10 nitrogen and oxygen atoms in total. The van der Waals surface area contributed by atoms with Gasteiger partial charge in [0.25, 0.3) is 23.6 Å². The SMILES string of the molecule is CCN1C(=O)C(=Cc2ccc(-c3sc(-c4ccc(C=C5C(=O)N(CC)C(=O)N(CC)C5=O)s4)cc3Cl)cc2)C(=O)N(CC)C1=O. The van der Waals surface area contributed by atoms with E-state index in [1.807, 2.05) is 30.3 Å². The number of barbiturate groups is 2. The number of thiophene rings is 2. The summed E-state index contributed by atoms with van der Waals surface area (Å²) in [7, 11) is 0. The number of rotatable bonds is 8. The molecule has 2 fully saturated rings. The smallest absolute Gasteiger partial charge is 0.268 e. The van der Waals surface area contributed by atoms with Gasteiger partial charge in [0.05, 0.1) is 9.90 Å². The molecule has 0 unspecified atom stereocenters. The summed E-state index contributed by atoms with van der Waals surface area (Å²) in [5, 5.41) is 0.538. The molecule has 0 bridgehead atoms. The number of carbonyl (C=O) groups excluding carboxylic acids is 6. The van der Waals surface area contributed by atoms with Gasteiger partial charge in [0.1, 0.15) is 11.1 Å². The molecular weight excluding hydrogens is 636 g/mol. The molecule has 5 rings (SSSR count). The third-order valence-corrected chi connectivity index (χ3v) is 10.2. The van der Waals surface area contributed by atoms with Crippen molar-refractivity contribution in [2.45, 2.75) is 27.7 Å². The summed E-state index contributed by atoms with van der Waals surface area (Å²) in [5.41, 5.74) is 1.33. The Kier molecular flexibility index (Phi) is 9.19. The standard InChI is InChI=1S/C32H29ClN4O6S2/c1-5-34-27(38)21(28(39)35(6-2)31(34)42)15-18-9-11-19(12-10-18)26-23(33)17-25(45-26)24-14-13-20(44-24)16-22-29(40)36(7-3)32(43)37(8-4)30(22)41/h9-17H,5-8H2,1-4H3. The molecule has 2 saturated heterocycles. The largest absolute Gasteiger partial charge is 0.333 e. The highest BCUT2D eigenvalue weighted by molar-refractivity contribution is 7.24. The first-order chi connectivity index (χ1) is 21.5. The summed E-state index contributed by atoms with van der Waals surface area (Å²) in [6.07, 6.45) is 3.02. The lowest BCUT2D eigenvalue weighted by Crippen LogP contribution is -2.56. The average molecular weight is 665 g/mol. The highest BCUT2D eigenvalue weighted by Gasteiger charge is 2.41. The van der Waals surface area contributed by atoms with Gasteiger partial charge in [-0.2, -0.15) is 0 Å². The lowest BCUT2D eigenvalue weighted by Gasteiger charge is -2.32. The molecule has 13 heteroatoms. The van der Waals surface area contributed by atoms with Crippen LogP contribution >= 0.6 is 34.3 Å². The van der Waals surface area contributed by atoms with Crippen molar-refractivity contribution in [3.8, 4) is 20.2 Å². The van der Waals surface area contributed by atoms with E-state index in [9.17, 15) is 28.8 Å². The number of imide groups is 4. The fourth-order valence-corrected chi connectivity index (χ4v) is 7.54. The summed E-state index contributed by atoms with van der Waals surface area (Å²) < 4.78 is 0. The van der Waals surface area contributed by atoms with Gasteiger partial charge in [0, 0.05) is 40.8 Å². The van der Waals surface area contributed by atoms with Crippen LogP contribution in [0.3, 0.4) is 0 Å². The van der Waals surface area contributed by atoms with Gasteiger partial charge in [-0.1, -0.05) is 35.9 Å². The Hall–Kier alpha value is -4.39. The number of urea groups is 2. The third kappa shape index (κ3) is 5.76. The van der Waals surface area contributed by atoms with Gasteiger partial charge >= 0.3 is 12.1 Å². The lowest BCUT2D eigenvalue weighted by atomic mass is 10.0. The predicted octanol–water partition coefficient (Wildman–Crippen LogP) is 6.23. The van der Waals surface area contributed by atoms with Crippen molar-refractivity contribution in [2.75, 3.05) is 26.2 Å². The van der Waals surface area contributed by atoms with Crippen molar-refractivity contribution in [1.29, 1.82) is 0 Å². The Balaban J connectivity index is 1.39. The molecule has 1 aromatic carbocycles. The molecule has 0 N–H and O–H groups in total. The number of amides is 8. The van der Waals surface area contributed by atoms with Gasteiger partial charge in [-0.3, -0.25) is 38.8 Å². The van der Waals surface area contributed by atoms with Crippen LogP contribution in [0.2, 0.25) is 5.02 Å². The molecule has 0 aliphatic carbocycles. The first-order valence-electron chi connectivity index (χ1n) is 14.3. The fraction of sp³-hybridized carbons (Fsp3) is 0.250. The lowest BCUT2D eigenvalue weighted by molar-refractivity contribution is -0.137. The zero-order chi connectivity index (χ0) is 32.6. The van der Waals surface area contributed by atoms with E-state index < -0.39 is 35.7 Å². The number of likely N-dealkylation sites (N-methyl/N-ethyl adjacent to an activating group) is 4. The Morgan fingerprint density at radius 3 is 1.53 bits per heavy atom. The van der Waals surface area contributed by atoms with Crippen molar-refractivity contribution in [1.82, 2.24) is 19.6 Å². The van der Waals surface area contributed by atoms with Gasteiger partial charge in [0.2, 0.25) is 0 Å². The third-order valence-electron chi connectivity index (χ3n) is 7.42. The van der Waals surface area contributed by atoms with Crippen LogP contribution in [0.5, 0.6) is 0 Å². The minimum absolute atomic E-state index is 0.0558. The first kappa shape index (κ1) is 32.0. The maximum absolute atomic E-state index is 12.9. The van der Waals surface area contributed by atoms with Crippen molar-refractivity contribution in [3.63, 3.8) is 0 Å². The number of carbonyl (C=O) groups is 6. The normalized spacial score (nSPS) is 16.0. The summed E-state index contributed by atoms with van der Waals surface area (Å²) >= 11 is 9.51. The maximum Gasteiger partial charge on any atom is 0.333 e. The highest BCUT2D eigenvalue weighted by atomic mass is 35.5. The molecule has 2 aliphatic rings. The quantitative estimate of drug-likeness (QED) is 0.208. The van der Waals surface area contributed by atoms with Crippen LogP contribution in [0, 0.1) is 0 Å². The van der Waals surface area contributed by atoms with E-state index >= 15 is 0 Å². The Morgan fingerprint density at radius 2 is 1.07 bits per heavy atom. The molecule has 0 saturated carbocycles. The predicted molar refractivity (Wildman–Crippen MR) is 174 cm³/mol. The summed E-state index contributed by atoms with van der Waals surface area (Å²) in [4.78, 5) is 83.9. The van der Waals surface area contributed by atoms with Crippen LogP contribution in [-0.2, 0) is 19.2 Å². The molecule has 8 amide bonds. The summed E-state index contributed by atoms with van der Waals surface area (Å²) in [6.45, 7) is 7.38. The second-order valence-electron chi connectivity index (χ2n) is 9.99. The number of hydrogen-bond acceptors (Lipinski definition) is 8. The molecule has 0 radical (unpaired) electrons. The average Bonchev–Trinajstić information content (AvgIpc) is 3.65. The minimum atomic E-state index is -0.616. The van der Waals surface area contributed by atoms with E-state index in [-0.39, 0.29) is 37.3 Å². The topological polar surface area (TPSA) is 115 Å². The maximum atomic E-state index is 12.9. The van der Waals surface area contributed by atoms with Crippen LogP contribution in [0.1, 0.15) is 38.1 Å². The molecular formula is C32H29ClN4O6S2. The minimum Gasteiger partial charge on any atom is -0.268 e. The molecule has 45 heavy (non-hydrogen) atoms. The van der Waals surface area contributed by atoms with Crippen LogP contribution in [0.4, 0.5) is 9.59 Å². The van der Waals surface area contributed by atoms with Crippen molar-refractivity contribution >= 4 is 82.1 Å². The van der Waals surface area contributed by atoms with Gasteiger partial charge in [-0.05, 0) is 69.2 Å². The first-order valence-corrected chi connectivity index (χ1v) is 16.3. The van der Waals surface area contributed by atoms with E-state index in [0.29, 0.717) is 15.5 Å². The van der Waals surface area contributed by atoms with E-state index in [0.717, 1.165) is 39.8 Å². The second kappa shape index (κ2) is 12.9. The van der Waals surface area contributed by atoms with Crippen LogP contribution < -0.4 is 0 Å². The van der Waals surface area contributed by atoms with Crippen LogP contribution in [0.25, 0.3) is 32.3 Å². The van der Waals surface area contributed by atoms with Gasteiger partial charge in [-0.15, -0.1) is 22.7 Å². The molecule has 2 aromatic heterocycles. The number of hydrogen-bond donors (Lipinski definition) is 0. The van der Waals surface area contributed by atoms with E-state index in [4.69, 9.17) is 11.6 Å². The molecule has 232 valence electrons. The molecule has 0 atom stereocenters. The Morgan fingerprint density at radius 1 is 0.600 bits per heavy atom. The monoisotopic (exact) mass is 664 g/mol. The molecule has 2 aliphatic heterocycles. The highest BCUT2D eigenvalue weighted by Crippen LogP contribution is 2.43. The van der Waals surface area contributed by atoms with Crippen LogP contribution in [-0.4, -0.2) is 81.5 Å². The molecule has 3 aromatic rings. The van der Waals surface area contributed by atoms with Gasteiger partial charge in [0.15, 0.2) is 0 Å². The van der Waals surface area contributed by atoms with E-state index in [2.05, 4.69) is 0 Å². The number of nitrogens with zero attached hydrogens (tertiary/aromatic N) is 4. The number of benzene rings is 1. The van der Waals surface area contributed by atoms with Crippen LogP contribution in [0.15, 0.2) is 53.6 Å². The Bertz CT molecular complexity index is 1750. The van der Waals surface area contributed by atoms with Crippen molar-refractivity contribution < 1.29 is 28.8 Å². The molecule has 4 heterocycles. The van der Waals surface area contributed by atoms with E-state index in [1.165, 1.54) is 34.8 Å². The van der Waals surface area contributed by atoms with E-state index in [1.54, 1.807) is 39.8 Å².